The smallest absolute Gasteiger partial charge is 0.235 e. The number of nitrogens with one attached hydrogen (secondary N) is 1. The topological polar surface area (TPSA) is 190 Å². The first kappa shape index (κ1) is 29.7. The number of hydrogen-bond acceptors (Lipinski definition) is 9. The summed E-state index contributed by atoms with van der Waals surface area (Å²) < 4.78 is 0. The number of carbonyl (C=O) groups excluding carboxylic acids is 4. The van der Waals surface area contributed by atoms with Crippen molar-refractivity contribution in [3.63, 3.8) is 0 Å². The highest BCUT2D eigenvalue weighted by Crippen LogP contribution is 2.53. The van der Waals surface area contributed by atoms with E-state index in [1.165, 1.54) is 0 Å². The van der Waals surface area contributed by atoms with Gasteiger partial charge in [0.05, 0.1) is 11.7 Å². The molecular formula is C30H32ClN3O8. The van der Waals surface area contributed by atoms with Crippen LogP contribution in [0, 0.1) is 17.8 Å². The summed E-state index contributed by atoms with van der Waals surface area (Å²) in [6.45, 7) is -0.139. The van der Waals surface area contributed by atoms with E-state index in [0.717, 1.165) is 5.56 Å². The molecule has 3 aliphatic carbocycles. The fourth-order valence-electron chi connectivity index (χ4n) is 6.98. The molecule has 2 aromatic carbocycles. The fourth-order valence-corrected chi connectivity index (χ4v) is 7.07. The van der Waals surface area contributed by atoms with Crippen molar-refractivity contribution in [3.05, 3.63) is 64.4 Å². The Bertz CT molecular complexity index is 1520. The second-order valence-electron chi connectivity index (χ2n) is 11.4. The fraction of sp³-hybridized carbons (Fsp3) is 0.400. The molecule has 2 unspecified atom stereocenters. The first-order valence-electron chi connectivity index (χ1n) is 13.5. The lowest BCUT2D eigenvalue weighted by molar-refractivity contribution is -0.178. The van der Waals surface area contributed by atoms with Crippen LogP contribution in [0.25, 0.3) is 11.1 Å². The second kappa shape index (κ2) is 10.8. The molecule has 0 aliphatic heterocycles. The number of Topliss-reactive ketones (excluding diaryl/α,β-unsaturated/α-hetero) is 2. The molecule has 6 atom stereocenters. The van der Waals surface area contributed by atoms with Crippen LogP contribution >= 0.6 is 11.6 Å². The Balaban J connectivity index is 1.72. The number of phenols is 1. The van der Waals surface area contributed by atoms with E-state index in [0.29, 0.717) is 11.1 Å². The number of likely N-dealkylation sites (N-methyl/N-ethyl adjacent to an activating group) is 1. The van der Waals surface area contributed by atoms with Crippen molar-refractivity contribution in [2.45, 2.75) is 37.1 Å². The van der Waals surface area contributed by atoms with Crippen molar-refractivity contribution < 1.29 is 39.6 Å². The first-order valence-corrected chi connectivity index (χ1v) is 14.0. The van der Waals surface area contributed by atoms with Gasteiger partial charge < -0.3 is 36.4 Å². The summed E-state index contributed by atoms with van der Waals surface area (Å²) in [5, 5.41) is 48.3. The van der Waals surface area contributed by atoms with Crippen molar-refractivity contribution in [2.75, 3.05) is 20.0 Å². The van der Waals surface area contributed by atoms with Gasteiger partial charge in [0, 0.05) is 29.6 Å². The summed E-state index contributed by atoms with van der Waals surface area (Å²) in [5.74, 6) is -8.83. The van der Waals surface area contributed by atoms with Crippen LogP contribution in [-0.4, -0.2) is 86.4 Å². The number of benzene rings is 2. The SMILES string of the molecule is CN(C)[C@@H]1C(O)C(C(N)=O)C(=O)[C@@]2(O)C(O)=C3C(=O)c4c(O)c(CNC(=O)CCl)cc(-c5ccccc5)c4C[C@H]3C[C@@H]12. The van der Waals surface area contributed by atoms with Gasteiger partial charge in [-0.25, -0.2) is 0 Å². The van der Waals surface area contributed by atoms with Gasteiger partial charge in [-0.1, -0.05) is 30.3 Å². The Hall–Kier alpha value is -3.77. The number of alkyl halides is 1. The number of nitrogens with zero attached hydrogens (tertiary/aromatic N) is 1. The number of carbonyl (C=O) groups is 4. The van der Waals surface area contributed by atoms with Gasteiger partial charge in [0.15, 0.2) is 17.2 Å². The molecule has 0 saturated heterocycles. The van der Waals surface area contributed by atoms with E-state index in [9.17, 15) is 39.6 Å². The first-order chi connectivity index (χ1) is 19.8. The lowest BCUT2D eigenvalue weighted by atomic mass is 9.55. The standard InChI is InChI=1S/C30H32ClN3O8/c1-34(2)23-18-10-14-8-17-16(13-6-4-3-5-7-13)9-15(12-33-19(35)11-31)24(36)21(17)25(37)20(14)27(39)30(18,42)28(40)22(26(23)38)29(32)41/h3-7,9,14,18,22-23,26,36,38-39,42H,8,10-12H2,1-2H3,(H2,32,41)(H,33,35)/t14-,18-,22?,23-,26?,30-/m0/s1. The molecule has 3 aliphatic rings. The minimum atomic E-state index is -2.67. The number of nitrogens with two attached hydrogens (primary N) is 1. The average Bonchev–Trinajstić information content (AvgIpc) is 2.94. The number of rotatable bonds is 6. The zero-order chi connectivity index (χ0) is 30.7. The second-order valence-corrected chi connectivity index (χ2v) is 11.6. The zero-order valence-corrected chi connectivity index (χ0v) is 23.8. The Kier molecular flexibility index (Phi) is 7.65. The molecule has 42 heavy (non-hydrogen) atoms. The Morgan fingerprint density at radius 3 is 2.43 bits per heavy atom. The molecule has 0 radical (unpaired) electrons. The minimum absolute atomic E-state index is 0.0146. The third-order valence-electron chi connectivity index (χ3n) is 8.85. The van der Waals surface area contributed by atoms with Crippen LogP contribution in [0.15, 0.2) is 47.7 Å². The number of aliphatic hydroxyl groups is 3. The third-order valence-corrected chi connectivity index (χ3v) is 9.10. The minimum Gasteiger partial charge on any atom is -0.508 e. The van der Waals surface area contributed by atoms with Crippen LogP contribution < -0.4 is 11.1 Å². The van der Waals surface area contributed by atoms with E-state index in [4.69, 9.17) is 17.3 Å². The van der Waals surface area contributed by atoms with Gasteiger partial charge in [-0.05, 0) is 55.6 Å². The molecule has 0 heterocycles. The highest BCUT2D eigenvalue weighted by molar-refractivity contribution is 6.27. The molecule has 0 bridgehead atoms. The number of hydrogen-bond donors (Lipinski definition) is 6. The Morgan fingerprint density at radius 1 is 1.17 bits per heavy atom. The molecule has 2 aromatic rings. The van der Waals surface area contributed by atoms with Crippen LogP contribution in [0.3, 0.4) is 0 Å². The molecule has 5 rings (SSSR count). The lowest BCUT2D eigenvalue weighted by Crippen LogP contribution is -2.71. The zero-order valence-electron chi connectivity index (χ0n) is 23.0. The normalized spacial score (nSPS) is 28.7. The number of fused-ring (bicyclic) bond motifs is 3. The van der Waals surface area contributed by atoms with Crippen LogP contribution in [0.4, 0.5) is 0 Å². The maximum atomic E-state index is 14.2. The summed E-state index contributed by atoms with van der Waals surface area (Å²) in [5.41, 5.74) is 4.51. The van der Waals surface area contributed by atoms with Gasteiger partial charge in [-0.2, -0.15) is 0 Å². The summed E-state index contributed by atoms with van der Waals surface area (Å²) in [7, 11) is 3.21. The van der Waals surface area contributed by atoms with Gasteiger partial charge >= 0.3 is 0 Å². The van der Waals surface area contributed by atoms with Crippen LogP contribution in [0.2, 0.25) is 0 Å². The predicted octanol–water partition coefficient (Wildman–Crippen LogP) is 0.808. The monoisotopic (exact) mass is 597 g/mol. The summed E-state index contributed by atoms with van der Waals surface area (Å²) in [4.78, 5) is 53.4. The van der Waals surface area contributed by atoms with Gasteiger partial charge in [-0.15, -0.1) is 11.6 Å². The number of allylic oxidation sites excluding steroid dienone is 1. The molecule has 12 heteroatoms. The Morgan fingerprint density at radius 2 is 1.83 bits per heavy atom. The maximum absolute atomic E-state index is 14.2. The van der Waals surface area contributed by atoms with Crippen molar-refractivity contribution >= 4 is 35.0 Å². The summed E-state index contributed by atoms with van der Waals surface area (Å²) in [6, 6.07) is 9.87. The number of halogens is 1. The van der Waals surface area contributed by atoms with Crippen LogP contribution in [0.1, 0.15) is 27.9 Å². The van der Waals surface area contributed by atoms with Crippen LogP contribution in [0.5, 0.6) is 5.75 Å². The molecule has 7 N–H and O–H groups in total. The van der Waals surface area contributed by atoms with Crippen molar-refractivity contribution in [1.82, 2.24) is 10.2 Å². The van der Waals surface area contributed by atoms with Gasteiger partial charge in [0.2, 0.25) is 11.8 Å². The van der Waals surface area contributed by atoms with E-state index in [1.807, 2.05) is 30.3 Å². The number of amides is 2. The summed E-state index contributed by atoms with van der Waals surface area (Å²) >= 11 is 5.60. The van der Waals surface area contributed by atoms with E-state index in [1.54, 1.807) is 25.1 Å². The van der Waals surface area contributed by atoms with Gasteiger partial charge in [0.1, 0.15) is 23.3 Å². The van der Waals surface area contributed by atoms with Crippen LogP contribution in [-0.2, 0) is 27.3 Å². The highest BCUT2D eigenvalue weighted by atomic mass is 35.5. The molecule has 0 spiro atoms. The van der Waals surface area contributed by atoms with Gasteiger partial charge in [0.25, 0.3) is 0 Å². The number of ketones is 2. The molecule has 1 saturated carbocycles. The molecule has 0 aromatic heterocycles. The molecule has 2 amide bonds. The van der Waals surface area contributed by atoms with E-state index >= 15 is 0 Å². The van der Waals surface area contributed by atoms with E-state index < -0.39 is 70.4 Å². The number of primary amides is 1. The highest BCUT2D eigenvalue weighted by Gasteiger charge is 2.66. The van der Waals surface area contributed by atoms with Crippen molar-refractivity contribution in [3.8, 4) is 16.9 Å². The number of aromatic hydroxyl groups is 1. The Labute approximate surface area is 246 Å². The average molecular weight is 598 g/mol. The van der Waals surface area contributed by atoms with Crippen molar-refractivity contribution in [1.29, 1.82) is 0 Å². The molecule has 1 fully saturated rings. The summed E-state index contributed by atoms with van der Waals surface area (Å²) in [6.07, 6.45) is -1.38. The molecular weight excluding hydrogens is 566 g/mol. The third kappa shape index (κ3) is 4.39. The van der Waals surface area contributed by atoms with E-state index in [-0.39, 0.29) is 42.0 Å². The van der Waals surface area contributed by atoms with Crippen molar-refractivity contribution in [2.24, 2.45) is 23.5 Å². The quantitative estimate of drug-likeness (QED) is 0.207. The van der Waals surface area contributed by atoms with E-state index in [2.05, 4.69) is 5.32 Å². The van der Waals surface area contributed by atoms with Gasteiger partial charge in [-0.3, -0.25) is 19.2 Å². The maximum Gasteiger partial charge on any atom is 0.235 e. The predicted molar refractivity (Wildman–Crippen MR) is 152 cm³/mol. The molecule has 11 nitrogen and oxygen atoms in total. The number of aliphatic hydroxyl groups excluding tert-OH is 2. The largest absolute Gasteiger partial charge is 0.508 e. The molecule has 222 valence electrons. The lowest BCUT2D eigenvalue weighted by Gasteiger charge is -2.53. The number of phenolic OH excluding ortho intramolecular Hbond substituents is 1.